The van der Waals surface area contributed by atoms with Gasteiger partial charge in [0, 0.05) is 35.3 Å². The number of nitrogens with two attached hydrogens (primary N) is 1. The van der Waals surface area contributed by atoms with E-state index in [1.807, 2.05) is 13.8 Å². The number of nitrogens with one attached hydrogen (secondary N) is 2. The molecule has 11 heteroatoms. The molecule has 10 nitrogen and oxygen atoms in total. The van der Waals surface area contributed by atoms with Gasteiger partial charge in [-0.15, -0.1) is 0 Å². The van der Waals surface area contributed by atoms with Crippen molar-refractivity contribution >= 4 is 35.4 Å². The number of benzene rings is 2. The highest BCUT2D eigenvalue weighted by Crippen LogP contribution is 2.32. The molecule has 200 valence electrons. The van der Waals surface area contributed by atoms with Crippen LogP contribution in [0.1, 0.15) is 40.2 Å². The van der Waals surface area contributed by atoms with Gasteiger partial charge in [-0.25, -0.2) is 24.1 Å². The van der Waals surface area contributed by atoms with Crippen LogP contribution in [0.3, 0.4) is 0 Å². The number of halogens is 1. The van der Waals surface area contributed by atoms with Crippen LogP contribution < -0.4 is 20.7 Å². The number of carbonyl (C=O) groups is 2. The predicted octanol–water partition coefficient (Wildman–Crippen LogP) is 4.84. The zero-order chi connectivity index (χ0) is 28.0. The van der Waals surface area contributed by atoms with Crippen molar-refractivity contribution in [3.05, 3.63) is 60.0 Å². The summed E-state index contributed by atoms with van der Waals surface area (Å²) in [6.07, 6.45) is 1.50. The predicted molar refractivity (Wildman–Crippen MR) is 143 cm³/mol. The molecule has 0 saturated heterocycles. The third-order valence-electron chi connectivity index (χ3n) is 4.91. The van der Waals surface area contributed by atoms with E-state index in [1.54, 1.807) is 45.0 Å². The highest BCUT2D eigenvalue weighted by molar-refractivity contribution is 5.97. The Morgan fingerprint density at radius 2 is 1.95 bits per heavy atom. The number of carbonyl (C=O) groups excluding carboxylic acids is 2. The highest BCUT2D eigenvalue weighted by Gasteiger charge is 2.29. The van der Waals surface area contributed by atoms with Crippen molar-refractivity contribution < 1.29 is 23.5 Å². The van der Waals surface area contributed by atoms with Crippen LogP contribution in [-0.4, -0.2) is 46.4 Å². The van der Waals surface area contributed by atoms with E-state index in [2.05, 4.69) is 15.3 Å². The minimum atomic E-state index is -0.882. The summed E-state index contributed by atoms with van der Waals surface area (Å²) < 4.78 is 26.2. The van der Waals surface area contributed by atoms with Crippen LogP contribution in [-0.2, 0) is 9.53 Å². The lowest BCUT2D eigenvalue weighted by Gasteiger charge is -2.27. The number of anilines is 3. The van der Waals surface area contributed by atoms with Crippen molar-refractivity contribution in [1.82, 2.24) is 15.3 Å². The molecule has 2 aromatic carbocycles. The number of ether oxygens (including phenoxy) is 2. The minimum Gasteiger partial charge on any atom is -0.484 e. The fraction of sp³-hybridized carbons (Fsp3) is 0.296. The van der Waals surface area contributed by atoms with E-state index in [-0.39, 0.29) is 47.1 Å². The zero-order valence-corrected chi connectivity index (χ0v) is 21.9. The Morgan fingerprint density at radius 1 is 1.21 bits per heavy atom. The van der Waals surface area contributed by atoms with Crippen molar-refractivity contribution in [3.8, 4) is 17.1 Å². The Labute approximate surface area is 220 Å². The van der Waals surface area contributed by atoms with Crippen LogP contribution in [0.25, 0.3) is 11.4 Å². The number of nitrogen functional groups attached to an aromatic ring is 1. The lowest BCUT2D eigenvalue weighted by Crippen LogP contribution is -2.35. The molecule has 0 fully saturated rings. The summed E-state index contributed by atoms with van der Waals surface area (Å²) in [5.74, 6) is -0.386. The largest absolute Gasteiger partial charge is 0.484 e. The van der Waals surface area contributed by atoms with E-state index in [0.29, 0.717) is 11.3 Å². The minimum absolute atomic E-state index is 0.0116. The van der Waals surface area contributed by atoms with Crippen molar-refractivity contribution in [2.24, 2.45) is 0 Å². The second-order valence-electron chi connectivity index (χ2n) is 9.67. The Kier molecular flexibility index (Phi) is 8.61. The molecule has 0 spiro atoms. The monoisotopic (exact) mass is 522 g/mol. The van der Waals surface area contributed by atoms with Gasteiger partial charge >= 0.3 is 6.09 Å². The van der Waals surface area contributed by atoms with Crippen LogP contribution in [0, 0.1) is 11.2 Å². The number of rotatable bonds is 8. The lowest BCUT2D eigenvalue weighted by molar-refractivity contribution is -0.123. The lowest BCUT2D eigenvalue weighted by atomic mass is 10.1. The molecule has 38 heavy (non-hydrogen) atoms. The molecule has 4 N–H and O–H groups in total. The average Bonchev–Trinajstić information content (AvgIpc) is 2.83. The highest BCUT2D eigenvalue weighted by atomic mass is 19.1. The van der Waals surface area contributed by atoms with Crippen molar-refractivity contribution in [1.29, 1.82) is 5.41 Å². The first kappa shape index (κ1) is 28.0. The molecule has 0 saturated carbocycles. The van der Waals surface area contributed by atoms with E-state index >= 15 is 4.39 Å². The molecule has 1 aromatic heterocycles. The van der Waals surface area contributed by atoms with Crippen LogP contribution in [0.4, 0.5) is 26.4 Å². The van der Waals surface area contributed by atoms with Gasteiger partial charge in [-0.1, -0.05) is 12.1 Å². The maximum Gasteiger partial charge on any atom is 0.420 e. The molecule has 3 aromatic rings. The van der Waals surface area contributed by atoms with Gasteiger partial charge in [-0.2, -0.15) is 0 Å². The second kappa shape index (κ2) is 11.7. The van der Waals surface area contributed by atoms with Crippen molar-refractivity contribution in [3.63, 3.8) is 0 Å². The third kappa shape index (κ3) is 7.25. The fourth-order valence-corrected chi connectivity index (χ4v) is 3.36. The topological polar surface area (TPSA) is 144 Å². The Balaban J connectivity index is 2.01. The fourth-order valence-electron chi connectivity index (χ4n) is 3.36. The summed E-state index contributed by atoms with van der Waals surface area (Å²) in [6.45, 7) is 8.59. The molecule has 0 aliphatic carbocycles. The second-order valence-corrected chi connectivity index (χ2v) is 9.67. The van der Waals surface area contributed by atoms with Gasteiger partial charge in [0.2, 0.25) is 0 Å². The van der Waals surface area contributed by atoms with E-state index in [9.17, 15) is 9.59 Å². The summed E-state index contributed by atoms with van der Waals surface area (Å²) in [6, 6.07) is 10.5. The standard InChI is InChI=1S/C27H31FN6O4/c1-16(2)32-24(35)15-37-19-8-6-7-17(11-19)25-31-10-9-23(33-25)34(26(36)38-27(3,4)5)22-12-18(14-29)21(30)13-20(22)28/h6-14,16,29H,15,30H2,1-5H3,(H,32,35). The maximum absolute atomic E-state index is 15.1. The summed E-state index contributed by atoms with van der Waals surface area (Å²) in [5.41, 5.74) is 5.54. The first-order chi connectivity index (χ1) is 17.9. The summed E-state index contributed by atoms with van der Waals surface area (Å²) >= 11 is 0. The van der Waals surface area contributed by atoms with E-state index in [4.69, 9.17) is 20.6 Å². The van der Waals surface area contributed by atoms with Crippen molar-refractivity contribution in [2.75, 3.05) is 17.2 Å². The molecular formula is C27H31FN6O4. The van der Waals surface area contributed by atoms with Crippen LogP contribution in [0.2, 0.25) is 0 Å². The molecule has 1 heterocycles. The van der Waals surface area contributed by atoms with Crippen LogP contribution in [0.5, 0.6) is 5.75 Å². The van der Waals surface area contributed by atoms with Crippen molar-refractivity contribution in [2.45, 2.75) is 46.3 Å². The number of hydrogen-bond donors (Lipinski definition) is 3. The van der Waals surface area contributed by atoms with Gasteiger partial charge in [0.15, 0.2) is 12.4 Å². The Bertz CT molecular complexity index is 1340. The molecule has 0 bridgehead atoms. The first-order valence-corrected chi connectivity index (χ1v) is 11.9. The summed E-state index contributed by atoms with van der Waals surface area (Å²) in [5, 5.41) is 10.3. The van der Waals surface area contributed by atoms with E-state index < -0.39 is 17.5 Å². The molecule has 3 rings (SSSR count). The van der Waals surface area contributed by atoms with Gasteiger partial charge in [0.05, 0.1) is 5.69 Å². The van der Waals surface area contributed by atoms with Gasteiger partial charge < -0.3 is 25.9 Å². The molecule has 0 aliphatic heterocycles. The zero-order valence-electron chi connectivity index (χ0n) is 21.9. The van der Waals surface area contributed by atoms with Crippen LogP contribution in [0.15, 0.2) is 48.7 Å². The number of amides is 2. The van der Waals surface area contributed by atoms with Gasteiger partial charge in [-0.3, -0.25) is 4.79 Å². The SMILES string of the molecule is CC(C)NC(=O)COc1cccc(-c2nccc(N(C(=O)OC(C)(C)C)c3cc(C=N)c(N)cc3F)n2)c1. The first-order valence-electron chi connectivity index (χ1n) is 11.9. The summed E-state index contributed by atoms with van der Waals surface area (Å²) in [4.78, 5) is 34.9. The van der Waals surface area contributed by atoms with Crippen LogP contribution >= 0.6 is 0 Å². The smallest absolute Gasteiger partial charge is 0.420 e. The maximum atomic E-state index is 15.1. The molecule has 0 unspecified atom stereocenters. The number of nitrogens with zero attached hydrogens (tertiary/aromatic N) is 3. The molecular weight excluding hydrogens is 491 g/mol. The molecule has 2 amide bonds. The van der Waals surface area contributed by atoms with Gasteiger partial charge in [-0.05, 0) is 65.0 Å². The molecule has 0 atom stereocenters. The Hall–Kier alpha value is -4.54. The third-order valence-corrected chi connectivity index (χ3v) is 4.91. The normalized spacial score (nSPS) is 11.1. The quantitative estimate of drug-likeness (QED) is 0.284. The molecule has 0 radical (unpaired) electrons. The number of hydrogen-bond acceptors (Lipinski definition) is 8. The van der Waals surface area contributed by atoms with Gasteiger partial charge in [0.25, 0.3) is 5.91 Å². The average molecular weight is 523 g/mol. The van der Waals surface area contributed by atoms with E-state index in [1.165, 1.54) is 18.3 Å². The molecule has 0 aliphatic rings. The summed E-state index contributed by atoms with van der Waals surface area (Å²) in [7, 11) is 0. The Morgan fingerprint density at radius 3 is 2.61 bits per heavy atom. The number of aromatic nitrogens is 2. The van der Waals surface area contributed by atoms with Gasteiger partial charge in [0.1, 0.15) is 23.0 Å². The van der Waals surface area contributed by atoms with E-state index in [0.717, 1.165) is 17.2 Å².